The first-order chi connectivity index (χ1) is 18.2. The standard InChI is InChI=1S/C31H51N3O4S/c1-20(2)14-15-23(5)34(29(36)26(19-39)33-30(37)38-31(6,7)8)27(24-17-21(3)16-22(4)18-24)28(35)32-25-12-10-9-11-13-25/h16-18,20,23,25-27,39H,9-15,19H2,1-8H3,(H,32,35)(H,33,37). The lowest BCUT2D eigenvalue weighted by Gasteiger charge is -2.39. The second-order valence-corrected chi connectivity index (χ2v) is 13.0. The Hall–Kier alpha value is -2.22. The van der Waals surface area contributed by atoms with Crippen LogP contribution in [-0.4, -0.2) is 52.3 Å². The fraction of sp³-hybridized carbons (Fsp3) is 0.710. The molecule has 2 N–H and O–H groups in total. The summed E-state index contributed by atoms with van der Waals surface area (Å²) in [7, 11) is 0. The summed E-state index contributed by atoms with van der Waals surface area (Å²) in [4.78, 5) is 42.7. The average molecular weight is 562 g/mol. The van der Waals surface area contributed by atoms with Crippen molar-refractivity contribution in [2.45, 2.75) is 130 Å². The molecule has 39 heavy (non-hydrogen) atoms. The van der Waals surface area contributed by atoms with Gasteiger partial charge >= 0.3 is 6.09 Å². The van der Waals surface area contributed by atoms with Gasteiger partial charge in [0.25, 0.3) is 0 Å². The Kier molecular flexibility index (Phi) is 12.7. The second kappa shape index (κ2) is 15.0. The zero-order chi connectivity index (χ0) is 29.3. The summed E-state index contributed by atoms with van der Waals surface area (Å²) < 4.78 is 5.43. The number of carbonyl (C=O) groups is 3. The fourth-order valence-electron chi connectivity index (χ4n) is 5.26. The largest absolute Gasteiger partial charge is 0.444 e. The summed E-state index contributed by atoms with van der Waals surface area (Å²) >= 11 is 4.42. The summed E-state index contributed by atoms with van der Waals surface area (Å²) in [5, 5.41) is 5.99. The molecule has 7 nitrogen and oxygen atoms in total. The maximum absolute atomic E-state index is 14.3. The van der Waals surface area contributed by atoms with Crippen LogP contribution in [0, 0.1) is 19.8 Å². The Morgan fingerprint density at radius 2 is 1.59 bits per heavy atom. The molecule has 0 saturated heterocycles. The predicted molar refractivity (Wildman–Crippen MR) is 161 cm³/mol. The summed E-state index contributed by atoms with van der Waals surface area (Å²) in [6, 6.07) is 4.13. The van der Waals surface area contributed by atoms with E-state index in [-0.39, 0.29) is 29.7 Å². The second-order valence-electron chi connectivity index (χ2n) is 12.6. The Balaban J connectivity index is 2.53. The maximum atomic E-state index is 14.3. The van der Waals surface area contributed by atoms with Gasteiger partial charge in [0, 0.05) is 17.8 Å². The average Bonchev–Trinajstić information content (AvgIpc) is 2.82. The van der Waals surface area contributed by atoms with Crippen LogP contribution >= 0.6 is 12.6 Å². The van der Waals surface area contributed by atoms with Gasteiger partial charge in [-0.1, -0.05) is 62.4 Å². The van der Waals surface area contributed by atoms with Crippen LogP contribution in [0.5, 0.6) is 0 Å². The molecule has 0 aromatic heterocycles. The van der Waals surface area contributed by atoms with Crippen LogP contribution < -0.4 is 10.6 Å². The molecule has 1 fully saturated rings. The lowest BCUT2D eigenvalue weighted by molar-refractivity contribution is -0.145. The van der Waals surface area contributed by atoms with E-state index in [4.69, 9.17) is 4.74 Å². The van der Waals surface area contributed by atoms with Crippen molar-refractivity contribution in [2.75, 3.05) is 5.75 Å². The molecule has 3 amide bonds. The van der Waals surface area contributed by atoms with E-state index in [0.717, 1.165) is 55.2 Å². The van der Waals surface area contributed by atoms with E-state index in [9.17, 15) is 14.4 Å². The first-order valence-electron chi connectivity index (χ1n) is 14.5. The molecule has 0 heterocycles. The highest BCUT2D eigenvalue weighted by Gasteiger charge is 2.39. The predicted octanol–water partition coefficient (Wildman–Crippen LogP) is 6.27. The van der Waals surface area contributed by atoms with Crippen molar-refractivity contribution in [2.24, 2.45) is 5.92 Å². The number of nitrogens with one attached hydrogen (secondary N) is 2. The number of thiol groups is 1. The smallest absolute Gasteiger partial charge is 0.408 e. The van der Waals surface area contributed by atoms with Crippen molar-refractivity contribution in [3.63, 3.8) is 0 Å². The number of carbonyl (C=O) groups excluding carboxylic acids is 3. The molecule has 220 valence electrons. The molecule has 2 rings (SSSR count). The summed E-state index contributed by atoms with van der Waals surface area (Å²) in [6.45, 7) is 15.6. The van der Waals surface area contributed by atoms with Gasteiger partial charge in [0.2, 0.25) is 11.8 Å². The van der Waals surface area contributed by atoms with Gasteiger partial charge in [-0.15, -0.1) is 0 Å². The molecule has 0 spiro atoms. The SMILES string of the molecule is Cc1cc(C)cc(C(C(=O)NC2CCCCC2)N(C(=O)C(CS)NC(=O)OC(C)(C)C)C(C)CCC(C)C)c1. The van der Waals surface area contributed by atoms with Gasteiger partial charge in [0.1, 0.15) is 17.7 Å². The normalized spacial score (nSPS) is 16.8. The van der Waals surface area contributed by atoms with Gasteiger partial charge in [-0.05, 0) is 78.7 Å². The maximum Gasteiger partial charge on any atom is 0.408 e. The van der Waals surface area contributed by atoms with Gasteiger partial charge in [0.05, 0.1) is 0 Å². The number of hydrogen-bond donors (Lipinski definition) is 3. The summed E-state index contributed by atoms with van der Waals surface area (Å²) in [5.41, 5.74) is 2.13. The third-order valence-electron chi connectivity index (χ3n) is 7.10. The van der Waals surface area contributed by atoms with Crippen molar-refractivity contribution in [3.8, 4) is 0 Å². The lowest BCUT2D eigenvalue weighted by Crippen LogP contribution is -2.57. The monoisotopic (exact) mass is 561 g/mol. The third kappa shape index (κ3) is 10.7. The van der Waals surface area contributed by atoms with E-state index in [1.54, 1.807) is 25.7 Å². The van der Waals surface area contributed by atoms with Crippen LogP contribution in [0.3, 0.4) is 0 Å². The number of amides is 3. The van der Waals surface area contributed by atoms with Crippen molar-refractivity contribution >= 4 is 30.5 Å². The van der Waals surface area contributed by atoms with Crippen molar-refractivity contribution < 1.29 is 19.1 Å². The quantitative estimate of drug-likeness (QED) is 0.278. The molecule has 0 radical (unpaired) electrons. The topological polar surface area (TPSA) is 87.7 Å². The van der Waals surface area contributed by atoms with E-state index in [2.05, 4.69) is 43.2 Å². The van der Waals surface area contributed by atoms with Crippen molar-refractivity contribution in [1.29, 1.82) is 0 Å². The number of benzene rings is 1. The van der Waals surface area contributed by atoms with Crippen LogP contribution in [0.15, 0.2) is 18.2 Å². The van der Waals surface area contributed by atoms with Crippen molar-refractivity contribution in [3.05, 3.63) is 34.9 Å². The fourth-order valence-corrected chi connectivity index (χ4v) is 5.51. The van der Waals surface area contributed by atoms with Gasteiger partial charge in [0.15, 0.2) is 0 Å². The molecule has 8 heteroatoms. The first-order valence-corrected chi connectivity index (χ1v) is 15.2. The molecule has 1 aliphatic rings. The van der Waals surface area contributed by atoms with Gasteiger partial charge in [-0.2, -0.15) is 12.6 Å². The Morgan fingerprint density at radius 1 is 1.00 bits per heavy atom. The summed E-state index contributed by atoms with van der Waals surface area (Å²) in [6.07, 6.45) is 6.21. The molecular formula is C31H51N3O4S. The molecule has 0 aliphatic heterocycles. The highest BCUT2D eigenvalue weighted by Crippen LogP contribution is 2.30. The minimum atomic E-state index is -0.944. The number of alkyl carbamates (subject to hydrolysis) is 1. The number of aryl methyl sites for hydroxylation is 2. The Labute approximate surface area is 241 Å². The zero-order valence-corrected chi connectivity index (χ0v) is 26.2. The van der Waals surface area contributed by atoms with Crippen LogP contribution in [0.1, 0.15) is 109 Å². The molecule has 1 aromatic rings. The van der Waals surface area contributed by atoms with Crippen LogP contribution in [0.4, 0.5) is 4.79 Å². The highest BCUT2D eigenvalue weighted by molar-refractivity contribution is 7.80. The molecule has 0 bridgehead atoms. The van der Waals surface area contributed by atoms with E-state index < -0.39 is 23.8 Å². The number of ether oxygens (including phenoxy) is 1. The zero-order valence-electron chi connectivity index (χ0n) is 25.3. The van der Waals surface area contributed by atoms with Gasteiger partial charge in [-0.3, -0.25) is 9.59 Å². The minimum Gasteiger partial charge on any atom is -0.444 e. The molecule has 3 atom stereocenters. The van der Waals surface area contributed by atoms with Crippen LogP contribution in [0.2, 0.25) is 0 Å². The van der Waals surface area contributed by atoms with Gasteiger partial charge < -0.3 is 20.3 Å². The van der Waals surface area contributed by atoms with E-state index in [1.807, 2.05) is 32.9 Å². The first kappa shape index (κ1) is 33.0. The minimum absolute atomic E-state index is 0.0787. The van der Waals surface area contributed by atoms with E-state index >= 15 is 0 Å². The molecule has 1 aromatic carbocycles. The Morgan fingerprint density at radius 3 is 2.10 bits per heavy atom. The highest BCUT2D eigenvalue weighted by atomic mass is 32.1. The van der Waals surface area contributed by atoms with Crippen LogP contribution in [-0.2, 0) is 14.3 Å². The lowest BCUT2D eigenvalue weighted by atomic mass is 9.93. The Bertz CT molecular complexity index is 949. The van der Waals surface area contributed by atoms with E-state index in [1.165, 1.54) is 6.42 Å². The summed E-state index contributed by atoms with van der Waals surface area (Å²) in [5.74, 6) is 0.0116. The van der Waals surface area contributed by atoms with Gasteiger partial charge in [-0.25, -0.2) is 4.79 Å². The third-order valence-corrected chi connectivity index (χ3v) is 7.47. The number of hydrogen-bond acceptors (Lipinski definition) is 5. The van der Waals surface area contributed by atoms with Crippen LogP contribution in [0.25, 0.3) is 0 Å². The number of rotatable bonds is 11. The van der Waals surface area contributed by atoms with Crippen molar-refractivity contribution in [1.82, 2.24) is 15.5 Å². The molecule has 1 aliphatic carbocycles. The number of nitrogens with zero attached hydrogens (tertiary/aromatic N) is 1. The molecule has 1 saturated carbocycles. The van der Waals surface area contributed by atoms with E-state index in [0.29, 0.717) is 5.92 Å². The molecule has 3 unspecified atom stereocenters. The molecular weight excluding hydrogens is 510 g/mol.